The van der Waals surface area contributed by atoms with Gasteiger partial charge in [0.2, 0.25) is 5.13 Å². The number of hydrogen-bond donors (Lipinski definition) is 2. The van der Waals surface area contributed by atoms with Gasteiger partial charge in [0, 0.05) is 28.5 Å². The van der Waals surface area contributed by atoms with Crippen molar-refractivity contribution in [2.24, 2.45) is 5.10 Å². The number of benzene rings is 3. The number of thiazole rings is 1. The van der Waals surface area contributed by atoms with Gasteiger partial charge in [0.1, 0.15) is 0 Å². The first-order valence-electron chi connectivity index (χ1n) is 9.83. The highest BCUT2D eigenvalue weighted by atomic mass is 32.1. The quantitative estimate of drug-likeness (QED) is 0.332. The predicted molar refractivity (Wildman–Crippen MR) is 129 cm³/mol. The highest BCUT2D eigenvalue weighted by molar-refractivity contribution is 7.14. The van der Waals surface area contributed by atoms with E-state index in [1.54, 1.807) is 17.5 Å². The first-order chi connectivity index (χ1) is 16.0. The number of carbonyl (C=O) groups excluding carboxylic acids is 1. The molecular weight excluding hydrogens is 440 g/mol. The van der Waals surface area contributed by atoms with Gasteiger partial charge in [-0.05, 0) is 11.5 Å². The van der Waals surface area contributed by atoms with Gasteiger partial charge in [-0.1, -0.05) is 55.1 Å². The molecule has 33 heavy (non-hydrogen) atoms. The smallest absolute Gasteiger partial charge is 0.287 e. The number of nitro groups is 1. The molecule has 3 aromatic carbocycles. The van der Waals surface area contributed by atoms with E-state index in [1.165, 1.54) is 28.5 Å². The number of hydrogen-bond acceptors (Lipinski definition) is 8. The summed E-state index contributed by atoms with van der Waals surface area (Å²) in [7, 11) is 0. The number of rotatable bonds is 5. The molecule has 1 aromatic heterocycles. The van der Waals surface area contributed by atoms with Gasteiger partial charge in [-0.25, -0.2) is 4.98 Å². The van der Waals surface area contributed by atoms with Crippen LogP contribution in [-0.2, 0) is 4.79 Å². The molecule has 2 N–H and O–H groups in total. The van der Waals surface area contributed by atoms with Crippen LogP contribution < -0.4 is 15.9 Å². The van der Waals surface area contributed by atoms with Gasteiger partial charge >= 0.3 is 5.91 Å². The normalized spacial score (nSPS) is 14.7. The Morgan fingerprint density at radius 3 is 2.76 bits per heavy atom. The zero-order valence-corrected chi connectivity index (χ0v) is 17.9. The molecule has 0 unspecified atom stereocenters. The molecular formula is C23H16N6O3S. The average molecular weight is 456 g/mol. The van der Waals surface area contributed by atoms with Crippen molar-refractivity contribution in [3.8, 4) is 11.3 Å². The zero-order valence-electron chi connectivity index (χ0n) is 17.1. The molecule has 0 radical (unpaired) electrons. The van der Waals surface area contributed by atoms with Crippen molar-refractivity contribution < 1.29 is 9.72 Å². The molecule has 162 valence electrons. The summed E-state index contributed by atoms with van der Waals surface area (Å²) in [6, 6.07) is 19.8. The van der Waals surface area contributed by atoms with Gasteiger partial charge in [-0.15, -0.1) is 11.3 Å². The number of amides is 1. The number of aromatic nitrogens is 1. The largest absolute Gasteiger partial charge is 0.301 e. The van der Waals surface area contributed by atoms with Crippen LogP contribution in [0.2, 0.25) is 0 Å². The van der Waals surface area contributed by atoms with Gasteiger partial charge in [-0.2, -0.15) is 10.1 Å². The molecule has 4 aromatic rings. The number of carbonyl (C=O) groups is 1. The van der Waals surface area contributed by atoms with Crippen LogP contribution in [0.25, 0.3) is 22.0 Å². The molecule has 10 heteroatoms. The summed E-state index contributed by atoms with van der Waals surface area (Å²) in [6.07, 6.45) is 0. The summed E-state index contributed by atoms with van der Waals surface area (Å²) < 4.78 is 0. The van der Waals surface area contributed by atoms with Crippen LogP contribution in [0.5, 0.6) is 0 Å². The first kappa shape index (κ1) is 20.3. The highest BCUT2D eigenvalue weighted by Crippen LogP contribution is 2.30. The van der Waals surface area contributed by atoms with Crippen LogP contribution in [0.15, 0.2) is 89.5 Å². The van der Waals surface area contributed by atoms with E-state index >= 15 is 0 Å². The topological polar surface area (TPSA) is 113 Å². The molecule has 1 aliphatic heterocycles. The summed E-state index contributed by atoms with van der Waals surface area (Å²) in [5.74, 6) is -0.410. The Hall–Kier alpha value is -4.57. The van der Waals surface area contributed by atoms with Crippen molar-refractivity contribution in [3.63, 3.8) is 0 Å². The Balaban J connectivity index is 1.39. The number of fused-ring (bicyclic) bond motifs is 1. The lowest BCUT2D eigenvalue weighted by Crippen LogP contribution is -2.34. The van der Waals surface area contributed by atoms with Crippen molar-refractivity contribution >= 4 is 50.2 Å². The minimum absolute atomic E-state index is 0.0280. The molecule has 9 nitrogen and oxygen atoms in total. The Kier molecular flexibility index (Phi) is 5.04. The molecule has 0 saturated carbocycles. The fourth-order valence-corrected chi connectivity index (χ4v) is 4.23. The SMILES string of the molecule is C=C1NN(c2nc(-c3cccc([N+](=O)[O-])c3)cs2)C(=O)C1=NNc1cccc2ccccc12. The molecule has 0 bridgehead atoms. The second-order valence-corrected chi connectivity index (χ2v) is 7.99. The van der Waals surface area contributed by atoms with Crippen LogP contribution in [0.4, 0.5) is 16.5 Å². The van der Waals surface area contributed by atoms with Crippen molar-refractivity contribution in [2.75, 3.05) is 10.4 Å². The van der Waals surface area contributed by atoms with Crippen molar-refractivity contribution in [2.45, 2.75) is 0 Å². The lowest BCUT2D eigenvalue weighted by atomic mass is 10.1. The number of nitrogens with zero attached hydrogens (tertiary/aromatic N) is 4. The average Bonchev–Trinajstić information content (AvgIpc) is 3.42. The van der Waals surface area contributed by atoms with E-state index in [-0.39, 0.29) is 11.4 Å². The van der Waals surface area contributed by atoms with E-state index in [4.69, 9.17) is 0 Å². The van der Waals surface area contributed by atoms with Crippen molar-refractivity contribution in [1.82, 2.24) is 10.4 Å². The third-order valence-electron chi connectivity index (χ3n) is 5.05. The number of non-ortho nitro benzene ring substituents is 1. The maximum atomic E-state index is 13.0. The molecule has 0 aliphatic carbocycles. The van der Waals surface area contributed by atoms with Crippen LogP contribution in [0.3, 0.4) is 0 Å². The van der Waals surface area contributed by atoms with Gasteiger partial charge in [0.15, 0.2) is 5.71 Å². The second kappa shape index (κ2) is 8.17. The summed E-state index contributed by atoms with van der Waals surface area (Å²) in [4.78, 5) is 28.0. The lowest BCUT2D eigenvalue weighted by Gasteiger charge is -2.10. The van der Waals surface area contributed by atoms with E-state index in [0.717, 1.165) is 16.5 Å². The number of nitrogens with one attached hydrogen (secondary N) is 2. The summed E-state index contributed by atoms with van der Waals surface area (Å²) in [5, 5.41) is 20.7. The number of nitro benzene ring substituents is 1. The predicted octanol–water partition coefficient (Wildman–Crippen LogP) is 4.70. The Morgan fingerprint density at radius 2 is 1.91 bits per heavy atom. The van der Waals surface area contributed by atoms with Gasteiger partial charge < -0.3 is 0 Å². The van der Waals surface area contributed by atoms with E-state index in [0.29, 0.717) is 22.1 Å². The number of hydrazine groups is 1. The van der Waals surface area contributed by atoms with Crippen molar-refractivity contribution in [1.29, 1.82) is 0 Å². The first-order valence-corrected chi connectivity index (χ1v) is 10.7. The molecule has 2 heterocycles. The monoisotopic (exact) mass is 456 g/mol. The fraction of sp³-hybridized carbons (Fsp3) is 0. The molecule has 5 rings (SSSR count). The molecule has 1 fully saturated rings. The Bertz CT molecular complexity index is 1460. The van der Waals surface area contributed by atoms with E-state index < -0.39 is 10.8 Å². The second-order valence-electron chi connectivity index (χ2n) is 7.15. The van der Waals surface area contributed by atoms with Gasteiger partial charge in [-0.3, -0.25) is 25.8 Å². The number of anilines is 2. The van der Waals surface area contributed by atoms with Crippen LogP contribution >= 0.6 is 11.3 Å². The number of hydrazone groups is 1. The zero-order chi connectivity index (χ0) is 22.9. The minimum atomic E-state index is -0.460. The van der Waals surface area contributed by atoms with Crippen LogP contribution in [0, 0.1) is 10.1 Å². The van der Waals surface area contributed by atoms with Gasteiger partial charge in [0.25, 0.3) is 5.69 Å². The Morgan fingerprint density at radius 1 is 1.12 bits per heavy atom. The molecule has 0 spiro atoms. The standard InChI is InChI=1S/C23H16N6O3S/c1-14-21(26-25-19-11-5-7-15-6-2-3-10-18(15)19)22(30)28(27-14)23-24-20(13-33-23)16-8-4-9-17(12-16)29(31)32/h2-13,25,27H,1H2. The third-order valence-corrected chi connectivity index (χ3v) is 5.88. The Labute approximate surface area is 191 Å². The molecule has 0 atom stereocenters. The third kappa shape index (κ3) is 3.79. The summed E-state index contributed by atoms with van der Waals surface area (Å²) >= 11 is 1.23. The summed E-state index contributed by atoms with van der Waals surface area (Å²) in [6.45, 7) is 3.89. The maximum absolute atomic E-state index is 13.0. The van der Waals surface area contributed by atoms with Crippen LogP contribution in [0.1, 0.15) is 0 Å². The van der Waals surface area contributed by atoms with Crippen LogP contribution in [-0.4, -0.2) is 21.5 Å². The van der Waals surface area contributed by atoms with Gasteiger partial charge in [0.05, 0.1) is 22.0 Å². The minimum Gasteiger partial charge on any atom is -0.287 e. The van der Waals surface area contributed by atoms with Crippen molar-refractivity contribution in [3.05, 3.63) is 94.5 Å². The van der Waals surface area contributed by atoms with E-state index in [1.807, 2.05) is 42.5 Å². The lowest BCUT2D eigenvalue weighted by molar-refractivity contribution is -0.384. The maximum Gasteiger partial charge on any atom is 0.301 e. The highest BCUT2D eigenvalue weighted by Gasteiger charge is 2.34. The van der Waals surface area contributed by atoms with E-state index in [2.05, 4.69) is 27.5 Å². The molecule has 1 amide bonds. The van der Waals surface area contributed by atoms with E-state index in [9.17, 15) is 14.9 Å². The fourth-order valence-electron chi connectivity index (χ4n) is 3.44. The molecule has 1 saturated heterocycles. The summed E-state index contributed by atoms with van der Waals surface area (Å²) in [5.41, 5.74) is 8.18. The molecule has 1 aliphatic rings.